The molecule has 0 spiro atoms. The first-order chi connectivity index (χ1) is 6.93. The van der Waals surface area contributed by atoms with Gasteiger partial charge in [0.25, 0.3) is 0 Å². The molecule has 1 heterocycles. The van der Waals surface area contributed by atoms with E-state index in [2.05, 4.69) is 63.6 Å². The minimum Gasteiger partial charge on any atom is -0.350 e. The van der Waals surface area contributed by atoms with Crippen LogP contribution in [-0.4, -0.2) is 4.57 Å². The SMILES string of the molecule is Cc1c2ccccc2c(C(C)(C)C)n1C. The zero-order valence-electron chi connectivity index (χ0n) is 10.3. The lowest BCUT2D eigenvalue weighted by atomic mass is 9.89. The molecule has 80 valence electrons. The van der Waals surface area contributed by atoms with E-state index in [1.54, 1.807) is 0 Å². The van der Waals surface area contributed by atoms with E-state index >= 15 is 0 Å². The van der Waals surface area contributed by atoms with Crippen molar-refractivity contribution in [3.8, 4) is 0 Å². The average molecular weight is 201 g/mol. The van der Waals surface area contributed by atoms with E-state index in [4.69, 9.17) is 0 Å². The van der Waals surface area contributed by atoms with Gasteiger partial charge < -0.3 is 4.57 Å². The van der Waals surface area contributed by atoms with Crippen LogP contribution in [0, 0.1) is 6.92 Å². The Hall–Kier alpha value is -1.24. The monoisotopic (exact) mass is 201 g/mol. The number of fused-ring (bicyclic) bond motifs is 1. The number of nitrogens with zero attached hydrogens (tertiary/aromatic N) is 1. The number of hydrogen-bond donors (Lipinski definition) is 0. The summed E-state index contributed by atoms with van der Waals surface area (Å²) in [6.45, 7) is 9.01. The Kier molecular flexibility index (Phi) is 2.14. The van der Waals surface area contributed by atoms with Crippen LogP contribution in [0.3, 0.4) is 0 Å². The molecule has 0 saturated heterocycles. The van der Waals surface area contributed by atoms with Crippen molar-refractivity contribution in [2.45, 2.75) is 33.1 Å². The molecular weight excluding hydrogens is 182 g/mol. The molecule has 0 aliphatic rings. The first kappa shape index (κ1) is 10.3. The molecule has 1 nitrogen and oxygen atoms in total. The highest BCUT2D eigenvalue weighted by molar-refractivity contribution is 5.89. The first-order valence-electron chi connectivity index (χ1n) is 5.47. The second kappa shape index (κ2) is 3.13. The Labute approximate surface area is 91.7 Å². The van der Waals surface area contributed by atoms with Gasteiger partial charge in [-0.1, -0.05) is 45.0 Å². The number of hydrogen-bond acceptors (Lipinski definition) is 0. The highest BCUT2D eigenvalue weighted by atomic mass is 15.0. The summed E-state index contributed by atoms with van der Waals surface area (Å²) in [5, 5.41) is 2.77. The molecule has 0 unspecified atom stereocenters. The van der Waals surface area contributed by atoms with Crippen LogP contribution in [-0.2, 0) is 12.5 Å². The molecule has 0 atom stereocenters. The molecule has 0 amide bonds. The maximum Gasteiger partial charge on any atom is 0.0307 e. The van der Waals surface area contributed by atoms with E-state index in [0.29, 0.717) is 0 Å². The molecule has 2 rings (SSSR count). The predicted molar refractivity (Wildman–Crippen MR) is 66.4 cm³/mol. The summed E-state index contributed by atoms with van der Waals surface area (Å²) in [6.07, 6.45) is 0. The minimum absolute atomic E-state index is 0.197. The topological polar surface area (TPSA) is 4.93 Å². The molecule has 0 aliphatic carbocycles. The second-order valence-electron chi connectivity index (χ2n) is 5.29. The zero-order chi connectivity index (χ0) is 11.2. The largest absolute Gasteiger partial charge is 0.350 e. The average Bonchev–Trinajstić information content (AvgIpc) is 2.39. The quantitative estimate of drug-likeness (QED) is 0.611. The van der Waals surface area contributed by atoms with Crippen LogP contribution in [0.1, 0.15) is 32.2 Å². The Morgan fingerprint density at radius 1 is 1.00 bits per heavy atom. The van der Waals surface area contributed by atoms with Crippen molar-refractivity contribution in [1.82, 2.24) is 4.57 Å². The van der Waals surface area contributed by atoms with Gasteiger partial charge in [-0.3, -0.25) is 0 Å². The maximum atomic E-state index is 2.32. The molecule has 0 saturated carbocycles. The number of benzene rings is 1. The van der Waals surface area contributed by atoms with E-state index < -0.39 is 0 Å². The van der Waals surface area contributed by atoms with Crippen molar-refractivity contribution in [2.75, 3.05) is 0 Å². The summed E-state index contributed by atoms with van der Waals surface area (Å²) in [7, 11) is 2.16. The van der Waals surface area contributed by atoms with E-state index in [1.165, 1.54) is 22.2 Å². The Morgan fingerprint density at radius 2 is 1.53 bits per heavy atom. The molecule has 1 aromatic heterocycles. The normalized spacial score (nSPS) is 12.3. The molecular formula is C14H19N. The van der Waals surface area contributed by atoms with Crippen LogP contribution in [0.25, 0.3) is 10.8 Å². The second-order valence-corrected chi connectivity index (χ2v) is 5.29. The van der Waals surface area contributed by atoms with Crippen LogP contribution in [0.15, 0.2) is 24.3 Å². The fourth-order valence-corrected chi connectivity index (χ4v) is 2.44. The van der Waals surface area contributed by atoms with Gasteiger partial charge in [-0.15, -0.1) is 0 Å². The van der Waals surface area contributed by atoms with Gasteiger partial charge >= 0.3 is 0 Å². The molecule has 2 aromatic rings. The summed E-state index contributed by atoms with van der Waals surface area (Å²) in [6, 6.07) is 8.67. The van der Waals surface area contributed by atoms with Crippen LogP contribution >= 0.6 is 0 Å². The highest BCUT2D eigenvalue weighted by Crippen LogP contribution is 2.33. The van der Waals surface area contributed by atoms with Gasteiger partial charge in [0.2, 0.25) is 0 Å². The van der Waals surface area contributed by atoms with Crippen LogP contribution in [0.2, 0.25) is 0 Å². The fraction of sp³-hybridized carbons (Fsp3) is 0.429. The van der Waals surface area contributed by atoms with E-state index in [9.17, 15) is 0 Å². The van der Waals surface area contributed by atoms with Crippen LogP contribution < -0.4 is 0 Å². The van der Waals surface area contributed by atoms with Gasteiger partial charge in [0.05, 0.1) is 0 Å². The van der Waals surface area contributed by atoms with Crippen molar-refractivity contribution in [3.63, 3.8) is 0 Å². The summed E-state index contributed by atoms with van der Waals surface area (Å²) in [5.74, 6) is 0. The molecule has 0 bridgehead atoms. The van der Waals surface area contributed by atoms with Gasteiger partial charge in [-0.2, -0.15) is 0 Å². The lowest BCUT2D eigenvalue weighted by Crippen LogP contribution is -2.16. The van der Waals surface area contributed by atoms with Crippen molar-refractivity contribution in [3.05, 3.63) is 35.7 Å². The van der Waals surface area contributed by atoms with Crippen molar-refractivity contribution < 1.29 is 0 Å². The van der Waals surface area contributed by atoms with Gasteiger partial charge in [-0.25, -0.2) is 0 Å². The lowest BCUT2D eigenvalue weighted by Gasteiger charge is -2.21. The Balaban J connectivity index is 2.90. The summed E-state index contributed by atoms with van der Waals surface area (Å²) in [4.78, 5) is 0. The van der Waals surface area contributed by atoms with Crippen molar-refractivity contribution >= 4 is 10.8 Å². The molecule has 15 heavy (non-hydrogen) atoms. The maximum absolute atomic E-state index is 2.32. The molecule has 0 aliphatic heterocycles. The van der Waals surface area contributed by atoms with Crippen LogP contribution in [0.4, 0.5) is 0 Å². The Morgan fingerprint density at radius 3 is 2.07 bits per heavy atom. The molecule has 0 radical (unpaired) electrons. The molecule has 1 heteroatoms. The smallest absolute Gasteiger partial charge is 0.0307 e. The number of rotatable bonds is 0. The lowest BCUT2D eigenvalue weighted by molar-refractivity contribution is 0.545. The molecule has 1 aromatic carbocycles. The van der Waals surface area contributed by atoms with Crippen molar-refractivity contribution in [2.24, 2.45) is 7.05 Å². The number of aryl methyl sites for hydroxylation is 1. The van der Waals surface area contributed by atoms with Crippen molar-refractivity contribution in [1.29, 1.82) is 0 Å². The van der Waals surface area contributed by atoms with E-state index in [1.807, 2.05) is 0 Å². The minimum atomic E-state index is 0.197. The van der Waals surface area contributed by atoms with Crippen LogP contribution in [0.5, 0.6) is 0 Å². The third kappa shape index (κ3) is 1.46. The Bertz CT molecular complexity index is 498. The molecule has 0 fully saturated rings. The summed E-state index contributed by atoms with van der Waals surface area (Å²) < 4.78 is 2.32. The summed E-state index contributed by atoms with van der Waals surface area (Å²) in [5.41, 5.74) is 2.98. The fourth-order valence-electron chi connectivity index (χ4n) is 2.44. The van der Waals surface area contributed by atoms with Gasteiger partial charge in [0.1, 0.15) is 0 Å². The van der Waals surface area contributed by atoms with Gasteiger partial charge in [-0.05, 0) is 6.92 Å². The highest BCUT2D eigenvalue weighted by Gasteiger charge is 2.22. The first-order valence-corrected chi connectivity index (χ1v) is 5.47. The zero-order valence-corrected chi connectivity index (χ0v) is 10.3. The standard InChI is InChI=1S/C14H19N/c1-10-11-8-6-7-9-12(11)13(15(10)5)14(2,3)4/h6-9H,1-5H3. The van der Waals surface area contributed by atoms with E-state index in [-0.39, 0.29) is 5.41 Å². The molecule has 0 N–H and O–H groups in total. The summed E-state index contributed by atoms with van der Waals surface area (Å²) >= 11 is 0. The van der Waals surface area contributed by atoms with E-state index in [0.717, 1.165) is 0 Å². The third-order valence-electron chi connectivity index (χ3n) is 3.12. The third-order valence-corrected chi connectivity index (χ3v) is 3.12. The van der Waals surface area contributed by atoms with Gasteiger partial charge in [0.15, 0.2) is 0 Å². The van der Waals surface area contributed by atoms with Gasteiger partial charge in [0, 0.05) is 34.6 Å². The predicted octanol–water partition coefficient (Wildman–Crippen LogP) is 3.78. The number of aromatic nitrogens is 1.